The number of para-hydroxylation sites is 1. The molecule has 2 aromatic rings. The number of carbonyl (C=O) groups excluding carboxylic acids is 2. The molecular weight excluding hydrogens is 404 g/mol. The molecule has 1 fully saturated rings. The standard InChI is InChI=1S/C25H34N4O3/c1-25(2,26-3)24(31)27-22(19-32-18-20-10-6-4-7-11-20)23(30)29-16-14-28(15-17-29)21-12-8-5-9-13-21/h4-13,22,26H,14-19H2,1-3H3,(H,27,31)/t22-/m1/s1. The van der Waals surface area contributed by atoms with E-state index in [0.717, 1.165) is 24.3 Å². The summed E-state index contributed by atoms with van der Waals surface area (Å²) in [5.74, 6) is -0.337. The SMILES string of the molecule is CNC(C)(C)C(=O)N[C@H](COCc1ccccc1)C(=O)N1CCN(c2ccccc2)CC1. The fourth-order valence-corrected chi connectivity index (χ4v) is 3.54. The van der Waals surface area contributed by atoms with E-state index in [1.807, 2.05) is 53.4 Å². The molecule has 0 bridgehead atoms. The molecule has 0 aromatic heterocycles. The molecule has 0 saturated carbocycles. The predicted octanol–water partition coefficient (Wildman–Crippen LogP) is 2.03. The number of carbonyl (C=O) groups is 2. The van der Waals surface area contributed by atoms with Crippen molar-refractivity contribution >= 4 is 17.5 Å². The van der Waals surface area contributed by atoms with Gasteiger partial charge in [0, 0.05) is 31.9 Å². The van der Waals surface area contributed by atoms with Gasteiger partial charge in [-0.3, -0.25) is 9.59 Å². The van der Waals surface area contributed by atoms with Crippen LogP contribution in [0.1, 0.15) is 19.4 Å². The smallest absolute Gasteiger partial charge is 0.247 e. The molecule has 1 aliphatic rings. The van der Waals surface area contributed by atoms with Crippen LogP contribution in [0.2, 0.25) is 0 Å². The van der Waals surface area contributed by atoms with Crippen molar-refractivity contribution in [3.63, 3.8) is 0 Å². The molecule has 7 nitrogen and oxygen atoms in total. The molecule has 7 heteroatoms. The Morgan fingerprint density at radius 3 is 2.16 bits per heavy atom. The Bertz CT molecular complexity index is 865. The van der Waals surface area contributed by atoms with Gasteiger partial charge in [0.15, 0.2) is 0 Å². The van der Waals surface area contributed by atoms with Gasteiger partial charge in [-0.25, -0.2) is 0 Å². The minimum Gasteiger partial charge on any atom is -0.374 e. The average Bonchev–Trinajstić information content (AvgIpc) is 2.84. The molecule has 172 valence electrons. The van der Waals surface area contributed by atoms with Gasteiger partial charge in [0.2, 0.25) is 11.8 Å². The number of likely N-dealkylation sites (N-methyl/N-ethyl adjacent to an activating group) is 1. The van der Waals surface area contributed by atoms with Crippen molar-refractivity contribution in [1.29, 1.82) is 0 Å². The summed E-state index contributed by atoms with van der Waals surface area (Å²) < 4.78 is 5.84. The molecule has 1 saturated heterocycles. The lowest BCUT2D eigenvalue weighted by atomic mass is 10.0. The van der Waals surface area contributed by atoms with Gasteiger partial charge in [0.05, 0.1) is 18.8 Å². The number of hydrogen-bond acceptors (Lipinski definition) is 5. The van der Waals surface area contributed by atoms with Crippen LogP contribution in [0.3, 0.4) is 0 Å². The van der Waals surface area contributed by atoms with Gasteiger partial charge in [0.1, 0.15) is 6.04 Å². The fourth-order valence-electron chi connectivity index (χ4n) is 3.54. The summed E-state index contributed by atoms with van der Waals surface area (Å²) in [6.45, 7) is 6.80. The summed E-state index contributed by atoms with van der Waals surface area (Å²) in [7, 11) is 1.73. The highest BCUT2D eigenvalue weighted by atomic mass is 16.5. The van der Waals surface area contributed by atoms with Crippen LogP contribution >= 0.6 is 0 Å². The second-order valence-electron chi connectivity index (χ2n) is 8.55. The van der Waals surface area contributed by atoms with E-state index in [9.17, 15) is 9.59 Å². The zero-order chi connectivity index (χ0) is 23.0. The maximum atomic E-state index is 13.3. The van der Waals surface area contributed by atoms with Crippen molar-refractivity contribution in [3.05, 3.63) is 66.2 Å². The average molecular weight is 439 g/mol. The fraction of sp³-hybridized carbons (Fsp3) is 0.440. The monoisotopic (exact) mass is 438 g/mol. The van der Waals surface area contributed by atoms with Crippen molar-refractivity contribution in [3.8, 4) is 0 Å². The van der Waals surface area contributed by atoms with Crippen LogP contribution in [0.25, 0.3) is 0 Å². The van der Waals surface area contributed by atoms with Crippen LogP contribution < -0.4 is 15.5 Å². The Hall–Kier alpha value is -2.90. The lowest BCUT2D eigenvalue weighted by Crippen LogP contribution is -2.60. The largest absolute Gasteiger partial charge is 0.374 e. The first kappa shape index (κ1) is 23.8. The molecule has 2 N–H and O–H groups in total. The van der Waals surface area contributed by atoms with E-state index >= 15 is 0 Å². The van der Waals surface area contributed by atoms with Crippen molar-refractivity contribution in [1.82, 2.24) is 15.5 Å². The molecule has 0 radical (unpaired) electrons. The van der Waals surface area contributed by atoms with Gasteiger partial charge in [0.25, 0.3) is 0 Å². The highest BCUT2D eigenvalue weighted by Gasteiger charge is 2.33. The Balaban J connectivity index is 1.62. The number of rotatable bonds is 9. The molecule has 1 aliphatic heterocycles. The number of benzene rings is 2. The van der Waals surface area contributed by atoms with Gasteiger partial charge in [-0.2, -0.15) is 0 Å². The first-order valence-electron chi connectivity index (χ1n) is 11.1. The quantitative estimate of drug-likeness (QED) is 0.627. The molecule has 2 amide bonds. The van der Waals surface area contributed by atoms with E-state index in [4.69, 9.17) is 4.74 Å². The summed E-state index contributed by atoms with van der Waals surface area (Å²) in [5, 5.41) is 5.89. The van der Waals surface area contributed by atoms with Crippen LogP contribution in [-0.4, -0.2) is 68.1 Å². The van der Waals surface area contributed by atoms with Gasteiger partial charge < -0.3 is 25.2 Å². The Kier molecular flexibility index (Phi) is 8.25. The highest BCUT2D eigenvalue weighted by Crippen LogP contribution is 2.16. The van der Waals surface area contributed by atoms with Crippen molar-refractivity contribution in [2.24, 2.45) is 0 Å². The maximum Gasteiger partial charge on any atom is 0.247 e. The van der Waals surface area contributed by atoms with Crippen LogP contribution in [0, 0.1) is 0 Å². The predicted molar refractivity (Wildman–Crippen MR) is 126 cm³/mol. The van der Waals surface area contributed by atoms with Crippen LogP contribution in [0.15, 0.2) is 60.7 Å². The van der Waals surface area contributed by atoms with Gasteiger partial charge in [-0.05, 0) is 38.6 Å². The minimum atomic E-state index is -0.788. The first-order chi connectivity index (χ1) is 15.4. The second-order valence-corrected chi connectivity index (χ2v) is 8.55. The summed E-state index contributed by atoms with van der Waals surface area (Å²) in [6.07, 6.45) is 0. The van der Waals surface area contributed by atoms with Crippen molar-refractivity contribution < 1.29 is 14.3 Å². The van der Waals surface area contributed by atoms with Crippen LogP contribution in [0.4, 0.5) is 5.69 Å². The van der Waals surface area contributed by atoms with Crippen LogP contribution in [0.5, 0.6) is 0 Å². The molecular formula is C25H34N4O3. The Labute approximate surface area is 190 Å². The number of amides is 2. The van der Waals surface area contributed by atoms with E-state index in [1.165, 1.54) is 0 Å². The Morgan fingerprint density at radius 1 is 0.969 bits per heavy atom. The van der Waals surface area contributed by atoms with Crippen molar-refractivity contribution in [2.75, 3.05) is 44.7 Å². The lowest BCUT2D eigenvalue weighted by molar-refractivity contribution is -0.140. The zero-order valence-electron chi connectivity index (χ0n) is 19.2. The number of nitrogens with one attached hydrogen (secondary N) is 2. The third-order valence-corrected chi connectivity index (χ3v) is 5.90. The lowest BCUT2D eigenvalue weighted by Gasteiger charge is -2.38. The third-order valence-electron chi connectivity index (χ3n) is 5.90. The highest BCUT2D eigenvalue weighted by molar-refractivity contribution is 5.91. The van der Waals surface area contributed by atoms with Crippen LogP contribution in [-0.2, 0) is 20.9 Å². The molecule has 0 aliphatic carbocycles. The molecule has 0 spiro atoms. The number of nitrogens with zero attached hydrogens (tertiary/aromatic N) is 2. The Morgan fingerprint density at radius 2 is 1.56 bits per heavy atom. The molecule has 2 aromatic carbocycles. The van der Waals surface area contributed by atoms with E-state index in [0.29, 0.717) is 19.7 Å². The van der Waals surface area contributed by atoms with Gasteiger partial charge in [-0.15, -0.1) is 0 Å². The molecule has 0 unspecified atom stereocenters. The molecule has 1 heterocycles. The first-order valence-corrected chi connectivity index (χ1v) is 11.1. The van der Waals surface area contributed by atoms with E-state index < -0.39 is 11.6 Å². The maximum absolute atomic E-state index is 13.3. The molecule has 32 heavy (non-hydrogen) atoms. The zero-order valence-corrected chi connectivity index (χ0v) is 19.2. The van der Waals surface area contributed by atoms with Gasteiger partial charge in [-0.1, -0.05) is 48.5 Å². The minimum absolute atomic E-state index is 0.106. The molecule has 1 atom stereocenters. The normalized spacial score (nSPS) is 15.3. The van der Waals surface area contributed by atoms with E-state index in [-0.39, 0.29) is 18.4 Å². The second kappa shape index (κ2) is 11.1. The number of ether oxygens (including phenoxy) is 1. The number of anilines is 1. The topological polar surface area (TPSA) is 73.9 Å². The summed E-state index contributed by atoms with van der Waals surface area (Å²) in [4.78, 5) is 30.2. The van der Waals surface area contributed by atoms with Gasteiger partial charge >= 0.3 is 0 Å². The summed E-state index contributed by atoms with van der Waals surface area (Å²) in [6, 6.07) is 19.3. The molecule has 3 rings (SSSR count). The number of piperazine rings is 1. The van der Waals surface area contributed by atoms with Crippen molar-refractivity contribution in [2.45, 2.75) is 32.0 Å². The summed E-state index contributed by atoms with van der Waals surface area (Å²) >= 11 is 0. The summed E-state index contributed by atoms with van der Waals surface area (Å²) in [5.41, 5.74) is 1.40. The number of hydrogen-bond donors (Lipinski definition) is 2. The third kappa shape index (κ3) is 6.31. The van der Waals surface area contributed by atoms with E-state index in [2.05, 4.69) is 27.7 Å². The van der Waals surface area contributed by atoms with E-state index in [1.54, 1.807) is 20.9 Å².